The van der Waals surface area contributed by atoms with Crippen molar-refractivity contribution in [3.05, 3.63) is 63.4 Å². The highest BCUT2D eigenvalue weighted by atomic mass is 35.5. The first-order chi connectivity index (χ1) is 10.6. The molecule has 0 radical (unpaired) electrons. The van der Waals surface area contributed by atoms with Crippen LogP contribution in [0.25, 0.3) is 0 Å². The van der Waals surface area contributed by atoms with Gasteiger partial charge in [0.05, 0.1) is 15.1 Å². The van der Waals surface area contributed by atoms with Crippen molar-refractivity contribution in [1.29, 1.82) is 0 Å². The second kappa shape index (κ2) is 6.90. The fourth-order valence-corrected chi connectivity index (χ4v) is 3.55. The molecule has 0 aromatic heterocycles. The predicted octanol–water partition coefficient (Wildman–Crippen LogP) is 5.20. The van der Waals surface area contributed by atoms with Gasteiger partial charge in [-0.3, -0.25) is 4.99 Å². The van der Waals surface area contributed by atoms with Gasteiger partial charge in [-0.1, -0.05) is 35.3 Å². The average molecular weight is 356 g/mol. The Morgan fingerprint density at radius 2 is 1.95 bits per heavy atom. The van der Waals surface area contributed by atoms with E-state index in [1.807, 2.05) is 0 Å². The molecule has 3 rings (SSSR count). The van der Waals surface area contributed by atoms with Crippen LogP contribution in [0.3, 0.4) is 0 Å². The zero-order valence-corrected chi connectivity index (χ0v) is 13.8. The molecule has 0 saturated carbocycles. The zero-order valence-electron chi connectivity index (χ0n) is 11.5. The molecule has 2 nitrogen and oxygen atoms in total. The van der Waals surface area contributed by atoms with E-state index < -0.39 is 0 Å². The molecule has 0 N–H and O–H groups in total. The second-order valence-electron chi connectivity index (χ2n) is 4.72. The number of rotatable bonds is 4. The van der Waals surface area contributed by atoms with E-state index in [-0.39, 0.29) is 12.4 Å². The molecule has 2 aromatic carbocycles. The summed E-state index contributed by atoms with van der Waals surface area (Å²) in [7, 11) is 0. The Bertz CT molecular complexity index is 713. The Balaban J connectivity index is 1.79. The Labute approximate surface area is 142 Å². The van der Waals surface area contributed by atoms with Crippen LogP contribution in [0.15, 0.2) is 41.4 Å². The monoisotopic (exact) mass is 355 g/mol. The number of nitrogens with zero attached hydrogens (tertiary/aromatic N) is 1. The van der Waals surface area contributed by atoms with Gasteiger partial charge >= 0.3 is 0 Å². The van der Waals surface area contributed by atoms with Crippen LogP contribution in [0.2, 0.25) is 10.0 Å². The summed E-state index contributed by atoms with van der Waals surface area (Å²) >= 11 is 14.2. The molecule has 114 valence electrons. The Morgan fingerprint density at radius 1 is 1.18 bits per heavy atom. The number of aliphatic imine (C=N–C) groups is 1. The third-order valence-electron chi connectivity index (χ3n) is 3.10. The molecule has 0 saturated heterocycles. The van der Waals surface area contributed by atoms with Crippen molar-refractivity contribution in [1.82, 2.24) is 0 Å². The third kappa shape index (κ3) is 3.57. The summed E-state index contributed by atoms with van der Waals surface area (Å²) in [6.07, 6.45) is 0. The van der Waals surface area contributed by atoms with Crippen LogP contribution in [-0.2, 0) is 6.61 Å². The van der Waals surface area contributed by atoms with Gasteiger partial charge in [0, 0.05) is 17.9 Å². The van der Waals surface area contributed by atoms with Gasteiger partial charge < -0.3 is 4.74 Å². The second-order valence-corrected chi connectivity index (χ2v) is 6.62. The van der Waals surface area contributed by atoms with Crippen LogP contribution in [0, 0.1) is 5.82 Å². The SMILES string of the molecule is Fc1cccc(COc2c(Cl)cc(C3=NCCS3)cc2Cl)c1. The molecular weight excluding hydrogens is 344 g/mol. The molecule has 0 fully saturated rings. The molecule has 0 bridgehead atoms. The van der Waals surface area contributed by atoms with Crippen molar-refractivity contribution in [2.45, 2.75) is 6.61 Å². The lowest BCUT2D eigenvalue weighted by atomic mass is 10.2. The molecule has 0 amide bonds. The lowest BCUT2D eigenvalue weighted by molar-refractivity contribution is 0.306. The van der Waals surface area contributed by atoms with E-state index >= 15 is 0 Å². The summed E-state index contributed by atoms with van der Waals surface area (Å²) in [6.45, 7) is 1.01. The first-order valence-corrected chi connectivity index (χ1v) is 8.41. The van der Waals surface area contributed by atoms with E-state index in [4.69, 9.17) is 27.9 Å². The Kier molecular flexibility index (Phi) is 4.91. The van der Waals surface area contributed by atoms with Crippen molar-refractivity contribution in [2.24, 2.45) is 4.99 Å². The summed E-state index contributed by atoms with van der Waals surface area (Å²) in [5.41, 5.74) is 1.61. The van der Waals surface area contributed by atoms with Crippen LogP contribution in [-0.4, -0.2) is 17.3 Å². The molecular formula is C16H12Cl2FNOS. The van der Waals surface area contributed by atoms with Gasteiger partial charge in [-0.2, -0.15) is 0 Å². The fraction of sp³-hybridized carbons (Fsp3) is 0.188. The van der Waals surface area contributed by atoms with Crippen LogP contribution in [0.1, 0.15) is 11.1 Å². The zero-order chi connectivity index (χ0) is 15.5. The summed E-state index contributed by atoms with van der Waals surface area (Å²) in [4.78, 5) is 4.40. The van der Waals surface area contributed by atoms with Crippen LogP contribution in [0.4, 0.5) is 4.39 Å². The van der Waals surface area contributed by atoms with Crippen molar-refractivity contribution in [3.8, 4) is 5.75 Å². The van der Waals surface area contributed by atoms with Gasteiger partial charge in [0.2, 0.25) is 0 Å². The molecule has 0 atom stereocenters. The van der Waals surface area contributed by atoms with E-state index in [9.17, 15) is 4.39 Å². The normalized spacial score (nSPS) is 14.0. The lowest BCUT2D eigenvalue weighted by Gasteiger charge is -2.12. The van der Waals surface area contributed by atoms with Gasteiger partial charge in [0.25, 0.3) is 0 Å². The summed E-state index contributed by atoms with van der Waals surface area (Å²) in [5.74, 6) is 1.08. The maximum Gasteiger partial charge on any atom is 0.157 e. The first-order valence-electron chi connectivity index (χ1n) is 6.67. The molecule has 22 heavy (non-hydrogen) atoms. The van der Waals surface area contributed by atoms with Gasteiger partial charge in [-0.05, 0) is 29.8 Å². The topological polar surface area (TPSA) is 21.6 Å². The molecule has 0 aliphatic carbocycles. The van der Waals surface area contributed by atoms with E-state index in [1.54, 1.807) is 36.0 Å². The number of thioether (sulfide) groups is 1. The molecule has 1 heterocycles. The van der Waals surface area contributed by atoms with Gasteiger partial charge in [0.15, 0.2) is 5.75 Å². The largest absolute Gasteiger partial charge is 0.486 e. The first kappa shape index (κ1) is 15.7. The number of ether oxygens (including phenoxy) is 1. The Morgan fingerprint density at radius 3 is 2.59 bits per heavy atom. The van der Waals surface area contributed by atoms with Crippen molar-refractivity contribution in [2.75, 3.05) is 12.3 Å². The van der Waals surface area contributed by atoms with Crippen molar-refractivity contribution < 1.29 is 9.13 Å². The molecule has 1 aliphatic rings. The quantitative estimate of drug-likeness (QED) is 0.751. The number of hydrogen-bond donors (Lipinski definition) is 0. The summed E-state index contributed by atoms with van der Waals surface area (Å²) < 4.78 is 18.8. The minimum Gasteiger partial charge on any atom is -0.486 e. The number of halogens is 3. The minimum atomic E-state index is -0.301. The highest BCUT2D eigenvalue weighted by Gasteiger charge is 2.15. The van der Waals surface area contributed by atoms with Crippen molar-refractivity contribution in [3.63, 3.8) is 0 Å². The average Bonchev–Trinajstić information content (AvgIpc) is 3.00. The van der Waals surface area contributed by atoms with E-state index in [0.717, 1.165) is 22.9 Å². The maximum atomic E-state index is 13.2. The fourth-order valence-electron chi connectivity index (χ4n) is 2.11. The Hall–Kier alpha value is -1.23. The van der Waals surface area contributed by atoms with Gasteiger partial charge in [0.1, 0.15) is 12.4 Å². The van der Waals surface area contributed by atoms with E-state index in [0.29, 0.717) is 21.4 Å². The predicted molar refractivity (Wildman–Crippen MR) is 91.1 cm³/mol. The highest BCUT2D eigenvalue weighted by molar-refractivity contribution is 8.14. The van der Waals surface area contributed by atoms with Crippen LogP contribution in [0.5, 0.6) is 5.75 Å². The smallest absolute Gasteiger partial charge is 0.157 e. The number of hydrogen-bond acceptors (Lipinski definition) is 3. The summed E-state index contributed by atoms with van der Waals surface area (Å²) in [6, 6.07) is 9.81. The number of benzene rings is 2. The van der Waals surface area contributed by atoms with E-state index in [2.05, 4.69) is 4.99 Å². The molecule has 1 aliphatic heterocycles. The standard InChI is InChI=1S/C16H12Cl2FNOS/c17-13-7-11(16-20-4-5-22-16)8-14(18)15(13)21-9-10-2-1-3-12(19)6-10/h1-3,6-8H,4-5,9H2. The van der Waals surface area contributed by atoms with Crippen LogP contribution < -0.4 is 4.74 Å². The molecule has 2 aromatic rings. The molecule has 0 spiro atoms. The van der Waals surface area contributed by atoms with Gasteiger partial charge in [-0.25, -0.2) is 4.39 Å². The van der Waals surface area contributed by atoms with Crippen LogP contribution >= 0.6 is 35.0 Å². The van der Waals surface area contributed by atoms with Crippen molar-refractivity contribution >= 4 is 40.0 Å². The lowest BCUT2D eigenvalue weighted by Crippen LogP contribution is -1.99. The third-order valence-corrected chi connectivity index (χ3v) is 4.69. The molecule has 0 unspecified atom stereocenters. The van der Waals surface area contributed by atoms with E-state index in [1.165, 1.54) is 12.1 Å². The molecule has 6 heteroatoms. The summed E-state index contributed by atoms with van der Waals surface area (Å²) in [5, 5.41) is 1.80. The highest BCUT2D eigenvalue weighted by Crippen LogP contribution is 2.36. The van der Waals surface area contributed by atoms with Gasteiger partial charge in [-0.15, -0.1) is 11.8 Å². The minimum absolute atomic E-state index is 0.201. The maximum absolute atomic E-state index is 13.2.